The maximum atomic E-state index is 13.0. The summed E-state index contributed by atoms with van der Waals surface area (Å²) in [7, 11) is -7.95. The van der Waals surface area contributed by atoms with Gasteiger partial charge in [-0.25, -0.2) is 16.8 Å². The van der Waals surface area contributed by atoms with Crippen LogP contribution in [0, 0.1) is 11.8 Å². The van der Waals surface area contributed by atoms with Crippen LogP contribution in [0.4, 0.5) is 11.4 Å². The molecule has 14 heteroatoms. The van der Waals surface area contributed by atoms with Crippen LogP contribution in [-0.4, -0.2) is 28.6 Å². The van der Waals surface area contributed by atoms with E-state index in [1.807, 2.05) is 0 Å². The van der Waals surface area contributed by atoms with E-state index in [1.54, 1.807) is 12.1 Å². The first kappa shape index (κ1) is 32.0. The minimum atomic E-state index is -3.97. The van der Waals surface area contributed by atoms with Gasteiger partial charge in [0.05, 0.1) is 41.5 Å². The summed E-state index contributed by atoms with van der Waals surface area (Å²) in [5, 5.41) is 5.50. The number of nitrogens with one attached hydrogen (secondary N) is 2. The van der Waals surface area contributed by atoms with Gasteiger partial charge in [-0.15, -0.1) is 0 Å². The molecule has 0 radical (unpaired) electrons. The summed E-state index contributed by atoms with van der Waals surface area (Å²) in [4.78, 5) is 25.5. The fourth-order valence-corrected chi connectivity index (χ4v) is 8.70. The number of anilines is 2. The summed E-state index contributed by atoms with van der Waals surface area (Å²) in [6.45, 7) is 3.81. The molecule has 226 valence electrons. The van der Waals surface area contributed by atoms with Gasteiger partial charge in [0.15, 0.2) is 0 Å². The summed E-state index contributed by atoms with van der Waals surface area (Å²) >= 11 is 24.4. The Hall–Kier alpha value is -3.38. The maximum Gasteiger partial charge on any atom is 0.232 e. The van der Waals surface area contributed by atoms with Crippen molar-refractivity contribution in [2.45, 2.75) is 19.6 Å². The predicted octanol–water partition coefficient (Wildman–Crippen LogP) is 7.35. The van der Waals surface area contributed by atoms with Gasteiger partial charge in [0, 0.05) is 21.4 Å². The fraction of sp³-hybridized carbons (Fsp3) is 0.0667. The quantitative estimate of drug-likeness (QED) is 0.184. The summed E-state index contributed by atoms with van der Waals surface area (Å²) in [6.07, 6.45) is 0. The molecular weight excluding hydrogens is 690 g/mol. The molecule has 1 aliphatic rings. The van der Waals surface area contributed by atoms with E-state index >= 15 is 0 Å². The predicted molar refractivity (Wildman–Crippen MR) is 170 cm³/mol. The Kier molecular flexibility index (Phi) is 8.87. The Morgan fingerprint density at radius 3 is 1.32 bits per heavy atom. The van der Waals surface area contributed by atoms with Gasteiger partial charge in [-0.05, 0) is 72.8 Å². The minimum absolute atomic E-state index is 0.0366. The molecule has 1 saturated carbocycles. The molecule has 0 aliphatic heterocycles. The van der Waals surface area contributed by atoms with Crippen LogP contribution in [0.3, 0.4) is 0 Å². The number of rotatable bonds is 8. The van der Waals surface area contributed by atoms with Gasteiger partial charge in [0.2, 0.25) is 31.5 Å². The van der Waals surface area contributed by atoms with Gasteiger partial charge < -0.3 is 10.6 Å². The molecule has 0 spiro atoms. The van der Waals surface area contributed by atoms with Crippen LogP contribution in [0.15, 0.2) is 117 Å². The largest absolute Gasteiger partial charge is 0.325 e. The first-order chi connectivity index (χ1) is 20.7. The van der Waals surface area contributed by atoms with Crippen LogP contribution in [0.1, 0.15) is 0 Å². The number of carbonyl (C=O) groups excluding carboxylic acids is 2. The van der Waals surface area contributed by atoms with Crippen molar-refractivity contribution in [3.63, 3.8) is 0 Å². The molecule has 2 atom stereocenters. The highest BCUT2D eigenvalue weighted by molar-refractivity contribution is 7.92. The van der Waals surface area contributed by atoms with Gasteiger partial charge >= 0.3 is 0 Å². The van der Waals surface area contributed by atoms with Crippen LogP contribution in [0.25, 0.3) is 0 Å². The first-order valence-corrected chi connectivity index (χ1v) is 17.1. The lowest BCUT2D eigenvalue weighted by atomic mass is 10.2. The van der Waals surface area contributed by atoms with Crippen LogP contribution in [0.2, 0.25) is 20.1 Å². The van der Waals surface area contributed by atoms with Crippen molar-refractivity contribution in [1.82, 2.24) is 0 Å². The third-order valence-electron chi connectivity index (χ3n) is 6.78. The second kappa shape index (κ2) is 12.2. The summed E-state index contributed by atoms with van der Waals surface area (Å²) in [5.74, 6) is -2.81. The van der Waals surface area contributed by atoms with E-state index in [2.05, 4.69) is 17.2 Å². The van der Waals surface area contributed by atoms with Crippen molar-refractivity contribution < 1.29 is 26.4 Å². The normalized spacial score (nSPS) is 16.3. The Balaban J connectivity index is 1.25. The van der Waals surface area contributed by atoms with Crippen molar-refractivity contribution in [2.75, 3.05) is 10.6 Å². The molecule has 1 fully saturated rings. The highest BCUT2D eigenvalue weighted by atomic mass is 35.5. The van der Waals surface area contributed by atoms with Crippen LogP contribution >= 0.6 is 46.4 Å². The highest BCUT2D eigenvalue weighted by Gasteiger charge is 2.52. The number of amides is 2. The lowest BCUT2D eigenvalue weighted by molar-refractivity contribution is -0.122. The van der Waals surface area contributed by atoms with Gasteiger partial charge in [-0.1, -0.05) is 70.7 Å². The zero-order valence-electron chi connectivity index (χ0n) is 22.2. The Labute approximate surface area is 273 Å². The van der Waals surface area contributed by atoms with Gasteiger partial charge in [0.25, 0.3) is 0 Å². The molecule has 0 heterocycles. The zero-order valence-corrected chi connectivity index (χ0v) is 26.9. The second-order valence-electron chi connectivity index (χ2n) is 9.72. The van der Waals surface area contributed by atoms with Gasteiger partial charge in [-0.2, -0.15) is 0 Å². The lowest BCUT2D eigenvalue weighted by Crippen LogP contribution is -2.20. The summed E-state index contributed by atoms with van der Waals surface area (Å²) in [6, 6.07) is 19.3. The zero-order chi connectivity index (χ0) is 32.0. The molecule has 4 aromatic carbocycles. The number of hydrogen-bond acceptors (Lipinski definition) is 6. The standard InChI is InChI=1S/C30H20Cl4N2O6S2/c1-16-27(29(37)35-19-8-10-25(23(33)14-19)43(39,40)21-6-2-4-17(31)12-21)28(16)30(38)36-20-9-11-26(24(34)15-20)44(41,42)22-7-3-5-18(32)13-22/h2-15,27-28H,1H2,(H,35,37)(H,36,38). The smallest absolute Gasteiger partial charge is 0.232 e. The molecule has 0 bridgehead atoms. The van der Waals surface area contributed by atoms with Crippen LogP contribution in [0.5, 0.6) is 0 Å². The maximum absolute atomic E-state index is 13.0. The molecule has 5 rings (SSSR count). The second-order valence-corrected chi connectivity index (χ2v) is 15.2. The van der Waals surface area contributed by atoms with Crippen molar-refractivity contribution in [3.05, 3.63) is 117 Å². The molecule has 0 aromatic heterocycles. The van der Waals surface area contributed by atoms with E-state index in [4.69, 9.17) is 46.4 Å². The molecule has 2 N–H and O–H groups in total. The average molecular weight is 710 g/mol. The number of sulfone groups is 2. The van der Waals surface area contributed by atoms with E-state index in [0.717, 1.165) is 0 Å². The Morgan fingerprint density at radius 2 is 0.977 bits per heavy atom. The van der Waals surface area contributed by atoms with Gasteiger partial charge in [0.1, 0.15) is 0 Å². The summed E-state index contributed by atoms with van der Waals surface area (Å²) < 4.78 is 52.0. The van der Waals surface area contributed by atoms with Crippen molar-refractivity contribution >= 4 is 89.3 Å². The number of carbonyl (C=O) groups is 2. The SMILES string of the molecule is C=C1C(C(=O)Nc2ccc(S(=O)(=O)c3cccc(Cl)c3)c(Cl)c2)C1C(=O)Nc1ccc(S(=O)(=O)c2cccc(Cl)c2)c(Cl)c1. The monoisotopic (exact) mass is 708 g/mol. The Morgan fingerprint density at radius 1 is 0.591 bits per heavy atom. The van der Waals surface area contributed by atoms with E-state index in [9.17, 15) is 26.4 Å². The van der Waals surface area contributed by atoms with E-state index in [1.165, 1.54) is 72.8 Å². The molecular formula is C30H20Cl4N2O6S2. The Bertz CT molecular complexity index is 1940. The molecule has 8 nitrogen and oxygen atoms in total. The molecule has 44 heavy (non-hydrogen) atoms. The molecule has 2 amide bonds. The fourth-order valence-electron chi connectivity index (χ4n) is 4.51. The number of halogens is 4. The molecule has 1 aliphatic carbocycles. The topological polar surface area (TPSA) is 126 Å². The van der Waals surface area contributed by atoms with E-state index in [-0.39, 0.29) is 51.0 Å². The minimum Gasteiger partial charge on any atom is -0.325 e. The van der Waals surface area contributed by atoms with Crippen LogP contribution < -0.4 is 10.6 Å². The van der Waals surface area contributed by atoms with Crippen molar-refractivity contribution in [2.24, 2.45) is 11.8 Å². The van der Waals surface area contributed by atoms with E-state index < -0.39 is 43.3 Å². The first-order valence-electron chi connectivity index (χ1n) is 12.6. The average Bonchev–Trinajstić information content (AvgIpc) is 3.64. The third-order valence-corrected chi connectivity index (χ3v) is 11.7. The molecule has 0 saturated heterocycles. The van der Waals surface area contributed by atoms with Gasteiger partial charge in [-0.3, -0.25) is 9.59 Å². The molecule has 2 unspecified atom stereocenters. The summed E-state index contributed by atoms with van der Waals surface area (Å²) in [5.41, 5.74) is 0.789. The van der Waals surface area contributed by atoms with E-state index in [0.29, 0.717) is 5.57 Å². The van der Waals surface area contributed by atoms with Crippen molar-refractivity contribution in [3.8, 4) is 0 Å². The van der Waals surface area contributed by atoms with Crippen molar-refractivity contribution in [1.29, 1.82) is 0 Å². The highest BCUT2D eigenvalue weighted by Crippen LogP contribution is 2.46. The number of hydrogen-bond donors (Lipinski definition) is 2. The number of benzene rings is 4. The third kappa shape index (κ3) is 6.37. The lowest BCUT2D eigenvalue weighted by Gasteiger charge is -2.11. The van der Waals surface area contributed by atoms with Crippen LogP contribution in [-0.2, 0) is 29.3 Å². The molecule has 4 aromatic rings.